The molecule has 5 heteroatoms. The maximum Gasteiger partial charge on any atom is 0.231 e. The van der Waals surface area contributed by atoms with Gasteiger partial charge >= 0.3 is 0 Å². The van der Waals surface area contributed by atoms with Crippen LogP contribution in [0, 0.1) is 11.6 Å². The van der Waals surface area contributed by atoms with Crippen LogP contribution in [0.25, 0.3) is 0 Å². The van der Waals surface area contributed by atoms with Gasteiger partial charge in [-0.25, -0.2) is 8.78 Å². The Labute approximate surface area is 107 Å². The van der Waals surface area contributed by atoms with Gasteiger partial charge in [0.05, 0.1) is 5.56 Å². The van der Waals surface area contributed by atoms with Crippen LogP contribution in [0.3, 0.4) is 0 Å². The molecule has 2 aromatic carbocycles. The first-order valence-electron chi connectivity index (χ1n) is 5.54. The number of ether oxygens (including phenoxy) is 2. The number of hydrogen-bond donors (Lipinski definition) is 0. The van der Waals surface area contributed by atoms with E-state index >= 15 is 0 Å². The molecule has 1 heterocycles. The quantitative estimate of drug-likeness (QED) is 0.780. The predicted octanol–water partition coefficient (Wildman–Crippen LogP) is 2.92. The minimum absolute atomic E-state index is 0.0951. The number of halogens is 2. The Balaban J connectivity index is 2.00. The van der Waals surface area contributed by atoms with Crippen LogP contribution in [-0.2, 0) is 0 Å². The molecule has 0 amide bonds. The van der Waals surface area contributed by atoms with Crippen molar-refractivity contribution in [2.75, 3.05) is 6.79 Å². The third kappa shape index (κ3) is 2.03. The fourth-order valence-electron chi connectivity index (χ4n) is 1.87. The lowest BCUT2D eigenvalue weighted by Crippen LogP contribution is -2.04. The van der Waals surface area contributed by atoms with Crippen LogP contribution in [0.15, 0.2) is 36.4 Å². The highest BCUT2D eigenvalue weighted by Gasteiger charge is 2.19. The molecule has 1 aliphatic heterocycles. The zero-order chi connectivity index (χ0) is 13.4. The van der Waals surface area contributed by atoms with Gasteiger partial charge in [0.25, 0.3) is 0 Å². The molecule has 1 aliphatic rings. The molecule has 0 N–H and O–H groups in total. The summed E-state index contributed by atoms with van der Waals surface area (Å²) >= 11 is 0. The predicted molar refractivity (Wildman–Crippen MR) is 62.4 cm³/mol. The second-order valence-corrected chi connectivity index (χ2v) is 4.02. The molecule has 0 aromatic heterocycles. The number of carbonyl (C=O) groups is 1. The van der Waals surface area contributed by atoms with Crippen LogP contribution in [0.2, 0.25) is 0 Å². The Morgan fingerprint density at radius 1 is 1.00 bits per heavy atom. The average Bonchev–Trinajstić information content (AvgIpc) is 2.85. The highest BCUT2D eigenvalue weighted by molar-refractivity contribution is 6.09. The number of benzene rings is 2. The van der Waals surface area contributed by atoms with Gasteiger partial charge in [0.15, 0.2) is 17.3 Å². The molecule has 0 radical (unpaired) electrons. The van der Waals surface area contributed by atoms with Gasteiger partial charge in [-0.2, -0.15) is 0 Å². The van der Waals surface area contributed by atoms with Crippen molar-refractivity contribution in [2.24, 2.45) is 0 Å². The van der Waals surface area contributed by atoms with Crippen LogP contribution < -0.4 is 9.47 Å². The molecular formula is C14H8F2O3. The second-order valence-electron chi connectivity index (χ2n) is 4.02. The molecule has 0 atom stereocenters. The zero-order valence-electron chi connectivity index (χ0n) is 9.65. The minimum atomic E-state index is -0.886. The molecule has 0 saturated heterocycles. The van der Waals surface area contributed by atoms with E-state index in [0.717, 1.165) is 12.1 Å². The largest absolute Gasteiger partial charge is 0.454 e. The molecule has 0 spiro atoms. The highest BCUT2D eigenvalue weighted by Crippen LogP contribution is 2.33. The van der Waals surface area contributed by atoms with Gasteiger partial charge in [-0.1, -0.05) is 0 Å². The summed E-state index contributed by atoms with van der Waals surface area (Å²) in [5.41, 5.74) is 0.0787. The van der Waals surface area contributed by atoms with Crippen LogP contribution in [-0.4, -0.2) is 12.6 Å². The van der Waals surface area contributed by atoms with E-state index in [1.54, 1.807) is 6.07 Å². The third-order valence-corrected chi connectivity index (χ3v) is 2.81. The fraction of sp³-hybridized carbons (Fsp3) is 0.0714. The van der Waals surface area contributed by atoms with Gasteiger partial charge in [-0.15, -0.1) is 0 Å². The first-order chi connectivity index (χ1) is 9.15. The van der Waals surface area contributed by atoms with Crippen molar-refractivity contribution < 1.29 is 23.0 Å². The number of hydrogen-bond acceptors (Lipinski definition) is 3. The molecule has 0 aliphatic carbocycles. The standard InChI is InChI=1S/C14H8F2O3/c15-9-2-3-10(11(16)6-9)14(17)8-1-4-12-13(5-8)19-7-18-12/h1-6H,7H2. The summed E-state index contributed by atoms with van der Waals surface area (Å²) in [6.07, 6.45) is 0. The van der Waals surface area contributed by atoms with Gasteiger partial charge in [0.2, 0.25) is 6.79 Å². The summed E-state index contributed by atoms with van der Waals surface area (Å²) in [7, 11) is 0. The molecule has 96 valence electrons. The fourth-order valence-corrected chi connectivity index (χ4v) is 1.87. The first kappa shape index (κ1) is 11.6. The van der Waals surface area contributed by atoms with Crippen LogP contribution in [0.5, 0.6) is 11.5 Å². The van der Waals surface area contributed by atoms with E-state index in [4.69, 9.17) is 9.47 Å². The summed E-state index contributed by atoms with van der Waals surface area (Å²) < 4.78 is 36.6. The monoisotopic (exact) mass is 262 g/mol. The van der Waals surface area contributed by atoms with E-state index < -0.39 is 17.4 Å². The highest BCUT2D eigenvalue weighted by atomic mass is 19.1. The maximum atomic E-state index is 13.5. The van der Waals surface area contributed by atoms with E-state index in [9.17, 15) is 13.6 Å². The van der Waals surface area contributed by atoms with Crippen molar-refractivity contribution in [1.29, 1.82) is 0 Å². The Bertz CT molecular complexity index is 668. The van der Waals surface area contributed by atoms with Gasteiger partial charge in [-0.05, 0) is 30.3 Å². The van der Waals surface area contributed by atoms with Crippen LogP contribution in [0.1, 0.15) is 15.9 Å². The number of fused-ring (bicyclic) bond motifs is 1. The van der Waals surface area contributed by atoms with Gasteiger partial charge < -0.3 is 9.47 Å². The Morgan fingerprint density at radius 3 is 2.58 bits per heavy atom. The second kappa shape index (κ2) is 4.35. The van der Waals surface area contributed by atoms with Gasteiger partial charge in [0.1, 0.15) is 11.6 Å². The van der Waals surface area contributed by atoms with Crippen molar-refractivity contribution in [2.45, 2.75) is 0 Å². The topological polar surface area (TPSA) is 35.5 Å². The SMILES string of the molecule is O=C(c1ccc2c(c1)OCO2)c1ccc(F)cc1F. The molecule has 19 heavy (non-hydrogen) atoms. The van der Waals surface area contributed by atoms with Gasteiger partial charge in [0, 0.05) is 11.6 Å². The smallest absolute Gasteiger partial charge is 0.231 e. The van der Waals surface area contributed by atoms with Crippen molar-refractivity contribution in [1.82, 2.24) is 0 Å². The summed E-state index contributed by atoms with van der Waals surface area (Å²) in [5.74, 6) is -1.16. The number of rotatable bonds is 2. The summed E-state index contributed by atoms with van der Waals surface area (Å²) in [6.45, 7) is 0.0951. The number of ketones is 1. The molecule has 3 rings (SSSR count). The lowest BCUT2D eigenvalue weighted by Gasteiger charge is -2.04. The lowest BCUT2D eigenvalue weighted by molar-refractivity contribution is 0.103. The minimum Gasteiger partial charge on any atom is -0.454 e. The van der Waals surface area contributed by atoms with Crippen LogP contribution in [0.4, 0.5) is 8.78 Å². The van der Waals surface area contributed by atoms with Crippen LogP contribution >= 0.6 is 0 Å². The summed E-state index contributed by atoms with van der Waals surface area (Å²) in [4.78, 5) is 12.1. The lowest BCUT2D eigenvalue weighted by atomic mass is 10.0. The first-order valence-corrected chi connectivity index (χ1v) is 5.54. The van der Waals surface area contributed by atoms with E-state index in [-0.39, 0.29) is 17.9 Å². The summed E-state index contributed by atoms with van der Waals surface area (Å²) in [5, 5.41) is 0. The van der Waals surface area contributed by atoms with Crippen molar-refractivity contribution >= 4 is 5.78 Å². The van der Waals surface area contributed by atoms with Crippen molar-refractivity contribution in [3.8, 4) is 11.5 Å². The van der Waals surface area contributed by atoms with Gasteiger partial charge in [-0.3, -0.25) is 4.79 Å². The maximum absolute atomic E-state index is 13.5. The molecule has 0 saturated carbocycles. The molecule has 0 fully saturated rings. The zero-order valence-corrected chi connectivity index (χ0v) is 9.65. The average molecular weight is 262 g/mol. The molecular weight excluding hydrogens is 254 g/mol. The third-order valence-electron chi connectivity index (χ3n) is 2.81. The molecule has 0 bridgehead atoms. The molecule has 2 aromatic rings. The van der Waals surface area contributed by atoms with E-state index in [1.807, 2.05) is 0 Å². The Kier molecular flexibility index (Phi) is 2.67. The normalized spacial score (nSPS) is 12.5. The Morgan fingerprint density at radius 2 is 1.79 bits per heavy atom. The van der Waals surface area contributed by atoms with Crippen molar-refractivity contribution in [3.63, 3.8) is 0 Å². The number of carbonyl (C=O) groups excluding carboxylic acids is 1. The Hall–Kier alpha value is -2.43. The van der Waals surface area contributed by atoms with E-state index in [1.165, 1.54) is 12.1 Å². The van der Waals surface area contributed by atoms with E-state index in [0.29, 0.717) is 17.6 Å². The summed E-state index contributed by atoms with van der Waals surface area (Å²) in [6, 6.07) is 7.42. The van der Waals surface area contributed by atoms with E-state index in [2.05, 4.69) is 0 Å². The molecule has 0 unspecified atom stereocenters. The van der Waals surface area contributed by atoms with Crippen molar-refractivity contribution in [3.05, 3.63) is 59.2 Å². The molecule has 3 nitrogen and oxygen atoms in total.